The number of hydrogen-bond donors (Lipinski definition) is 0. The molecule has 69 heavy (non-hydrogen) atoms. The van der Waals surface area contributed by atoms with Gasteiger partial charge in [-0.1, -0.05) is 218 Å². The molecule has 0 bridgehead atoms. The zero-order chi connectivity index (χ0) is 45.5. The molecule has 1 aromatic heterocycles. The van der Waals surface area contributed by atoms with E-state index < -0.39 is 5.41 Å². The van der Waals surface area contributed by atoms with Crippen molar-refractivity contribution in [3.05, 3.63) is 289 Å². The van der Waals surface area contributed by atoms with Gasteiger partial charge in [0.25, 0.3) is 0 Å². The van der Waals surface area contributed by atoms with Gasteiger partial charge in [-0.05, 0) is 121 Å². The molecule has 2 heterocycles. The third kappa shape index (κ3) is 5.92. The predicted molar refractivity (Wildman–Crippen MR) is 288 cm³/mol. The lowest BCUT2D eigenvalue weighted by Gasteiger charge is -2.39. The van der Waals surface area contributed by atoms with Crippen LogP contribution >= 0.6 is 0 Å². The number of rotatable bonds is 7. The summed E-state index contributed by atoms with van der Waals surface area (Å²) in [5.74, 6) is 0. The van der Waals surface area contributed by atoms with Crippen LogP contribution in [-0.4, -0.2) is 4.57 Å². The summed E-state index contributed by atoms with van der Waals surface area (Å²) in [6.45, 7) is 0. The zero-order valence-electron chi connectivity index (χ0n) is 37.8. The van der Waals surface area contributed by atoms with Crippen molar-refractivity contribution >= 4 is 38.9 Å². The van der Waals surface area contributed by atoms with Crippen LogP contribution in [0.1, 0.15) is 22.3 Å². The van der Waals surface area contributed by atoms with Gasteiger partial charge < -0.3 is 9.47 Å². The van der Waals surface area contributed by atoms with Gasteiger partial charge in [0.05, 0.1) is 27.8 Å². The minimum absolute atomic E-state index is 0.529. The van der Waals surface area contributed by atoms with Crippen LogP contribution in [-0.2, 0) is 5.41 Å². The average Bonchev–Trinajstić information content (AvgIpc) is 3.92. The first-order valence-electron chi connectivity index (χ1n) is 23.9. The highest BCUT2D eigenvalue weighted by molar-refractivity contribution is 6.13. The van der Waals surface area contributed by atoms with Gasteiger partial charge in [-0.2, -0.15) is 0 Å². The van der Waals surface area contributed by atoms with Crippen LogP contribution in [0.15, 0.2) is 267 Å². The third-order valence-electron chi connectivity index (χ3n) is 14.8. The highest BCUT2D eigenvalue weighted by atomic mass is 15.1. The van der Waals surface area contributed by atoms with E-state index in [4.69, 9.17) is 0 Å². The monoisotopic (exact) mass is 876 g/mol. The van der Waals surface area contributed by atoms with E-state index in [0.717, 1.165) is 33.8 Å². The van der Waals surface area contributed by atoms with Crippen molar-refractivity contribution in [2.24, 2.45) is 0 Å². The Bertz CT molecular complexity index is 3960. The van der Waals surface area contributed by atoms with Crippen molar-refractivity contribution in [2.45, 2.75) is 5.41 Å². The topological polar surface area (TPSA) is 8.17 Å². The molecule has 1 atom stereocenters. The van der Waals surface area contributed by atoms with Gasteiger partial charge in [-0.15, -0.1) is 0 Å². The molecule has 2 nitrogen and oxygen atoms in total. The molecular formula is C67H44N2. The molecule has 1 unspecified atom stereocenters. The van der Waals surface area contributed by atoms with E-state index in [-0.39, 0.29) is 0 Å². The van der Waals surface area contributed by atoms with Crippen molar-refractivity contribution in [1.82, 2.24) is 4.57 Å². The van der Waals surface area contributed by atoms with E-state index in [2.05, 4.69) is 276 Å². The van der Waals surface area contributed by atoms with E-state index >= 15 is 0 Å². The number of fused-ring (bicyclic) bond motifs is 12. The molecule has 12 aromatic rings. The van der Waals surface area contributed by atoms with E-state index in [1.165, 1.54) is 88.7 Å². The first-order valence-corrected chi connectivity index (χ1v) is 23.9. The van der Waals surface area contributed by atoms with Gasteiger partial charge in [0.15, 0.2) is 0 Å². The second-order valence-electron chi connectivity index (χ2n) is 18.4. The fraction of sp³-hybridized carbons (Fsp3) is 0.0149. The number of aromatic nitrogens is 1. The van der Waals surface area contributed by atoms with Crippen LogP contribution in [0.2, 0.25) is 0 Å². The minimum atomic E-state index is -0.529. The average molecular weight is 877 g/mol. The van der Waals surface area contributed by atoms with Gasteiger partial charge >= 0.3 is 0 Å². The first kappa shape index (κ1) is 39.2. The van der Waals surface area contributed by atoms with Crippen molar-refractivity contribution in [3.63, 3.8) is 0 Å². The maximum atomic E-state index is 2.52. The Morgan fingerprint density at radius 1 is 0.290 bits per heavy atom. The second kappa shape index (κ2) is 15.6. The number of anilines is 3. The van der Waals surface area contributed by atoms with Gasteiger partial charge in [0.2, 0.25) is 0 Å². The number of nitrogens with zero attached hydrogens (tertiary/aromatic N) is 2. The molecule has 0 N–H and O–H groups in total. The molecule has 322 valence electrons. The van der Waals surface area contributed by atoms with E-state index in [1.807, 2.05) is 0 Å². The van der Waals surface area contributed by atoms with Gasteiger partial charge in [0.1, 0.15) is 0 Å². The van der Waals surface area contributed by atoms with E-state index in [1.54, 1.807) is 0 Å². The molecular weight excluding hydrogens is 833 g/mol. The lowest BCUT2D eigenvalue weighted by molar-refractivity contribution is 0.749. The predicted octanol–water partition coefficient (Wildman–Crippen LogP) is 17.6. The fourth-order valence-corrected chi connectivity index (χ4v) is 11.8. The lowest BCUT2D eigenvalue weighted by atomic mass is 9.65. The second-order valence-corrected chi connectivity index (χ2v) is 18.4. The summed E-state index contributed by atoms with van der Waals surface area (Å²) in [5.41, 5.74) is 23.8. The Hall–Kier alpha value is -8.98. The van der Waals surface area contributed by atoms with Crippen molar-refractivity contribution < 1.29 is 0 Å². The smallest absolute Gasteiger partial charge is 0.0754 e. The van der Waals surface area contributed by atoms with Gasteiger partial charge in [-0.25, -0.2) is 0 Å². The van der Waals surface area contributed by atoms with Crippen LogP contribution in [0.25, 0.3) is 83.1 Å². The Labute approximate surface area is 402 Å². The summed E-state index contributed by atoms with van der Waals surface area (Å²) in [6, 6.07) is 98.6. The number of hydrogen-bond acceptors (Lipinski definition) is 1. The van der Waals surface area contributed by atoms with Crippen LogP contribution in [0, 0.1) is 0 Å². The summed E-state index contributed by atoms with van der Waals surface area (Å²) in [6.07, 6.45) is 0. The van der Waals surface area contributed by atoms with E-state index in [9.17, 15) is 0 Å². The molecule has 14 rings (SSSR count). The normalized spacial score (nSPS) is 14.1. The Morgan fingerprint density at radius 3 is 1.55 bits per heavy atom. The molecule has 2 aliphatic rings. The molecule has 11 aromatic carbocycles. The minimum Gasteiger partial charge on any atom is -0.310 e. The maximum Gasteiger partial charge on any atom is 0.0754 e. The van der Waals surface area contributed by atoms with Crippen molar-refractivity contribution in [1.29, 1.82) is 0 Å². The Morgan fingerprint density at radius 2 is 0.783 bits per heavy atom. The van der Waals surface area contributed by atoms with Crippen LogP contribution in [0.5, 0.6) is 0 Å². The number of benzene rings is 11. The van der Waals surface area contributed by atoms with Crippen molar-refractivity contribution in [3.8, 4) is 61.3 Å². The standard InChI is InChI=1S/C67H44N2/c1-3-18-45(19-4-1)47-36-38-48(39-37-47)54-26-8-12-33-63(54)68(52-24-15-22-49(42-52)46-20-5-2-6-21-46)53-25-16-23-50(43-53)51-40-41-56-55-27-7-10-30-59(55)67(62(56)44-51)60-31-11-14-35-65(60)69-64-34-13-9-28-57(64)58-29-17-32-61(67)66(58)69/h1-44H. The summed E-state index contributed by atoms with van der Waals surface area (Å²) < 4.78 is 2.52. The molecule has 0 saturated carbocycles. The molecule has 0 amide bonds. The molecule has 2 heteroatoms. The SMILES string of the molecule is c1ccc(-c2ccc(-c3ccccc3N(c3cccc(-c4ccccc4)c3)c3cccc(-c4ccc5c(c4)C4(c6ccccc6-5)c5ccccc5-n5c6ccccc6c6cccc4c65)c3)cc2)cc1. The summed E-state index contributed by atoms with van der Waals surface area (Å²) in [7, 11) is 0. The zero-order valence-corrected chi connectivity index (χ0v) is 37.8. The largest absolute Gasteiger partial charge is 0.310 e. The molecule has 1 spiro atoms. The quantitative estimate of drug-likeness (QED) is 0.155. The Balaban J connectivity index is 0.961. The van der Waals surface area contributed by atoms with Crippen molar-refractivity contribution in [2.75, 3.05) is 4.90 Å². The Kier molecular flexibility index (Phi) is 8.84. The highest BCUT2D eigenvalue weighted by Gasteiger charge is 2.50. The number of para-hydroxylation sites is 4. The fourth-order valence-electron chi connectivity index (χ4n) is 11.8. The van der Waals surface area contributed by atoms with Gasteiger partial charge in [0, 0.05) is 27.7 Å². The summed E-state index contributed by atoms with van der Waals surface area (Å²) in [5, 5.41) is 2.57. The van der Waals surface area contributed by atoms with E-state index in [0.29, 0.717) is 0 Å². The lowest BCUT2D eigenvalue weighted by Crippen LogP contribution is -2.33. The first-order chi connectivity index (χ1) is 34.2. The van der Waals surface area contributed by atoms with Crippen LogP contribution in [0.4, 0.5) is 17.1 Å². The molecule has 0 radical (unpaired) electrons. The molecule has 0 fully saturated rings. The molecule has 1 aliphatic heterocycles. The van der Waals surface area contributed by atoms with Crippen LogP contribution in [0.3, 0.4) is 0 Å². The highest BCUT2D eigenvalue weighted by Crippen LogP contribution is 2.61. The van der Waals surface area contributed by atoms with Crippen LogP contribution < -0.4 is 4.90 Å². The third-order valence-corrected chi connectivity index (χ3v) is 14.8. The maximum absolute atomic E-state index is 2.52. The molecule has 0 saturated heterocycles. The van der Waals surface area contributed by atoms with Gasteiger partial charge in [-0.3, -0.25) is 0 Å². The molecule has 1 aliphatic carbocycles. The summed E-state index contributed by atoms with van der Waals surface area (Å²) in [4.78, 5) is 2.44. The summed E-state index contributed by atoms with van der Waals surface area (Å²) >= 11 is 0.